The molecule has 0 spiro atoms. The van der Waals surface area contributed by atoms with Crippen LogP contribution in [0.25, 0.3) is 5.57 Å². The second kappa shape index (κ2) is 7.37. The molecular formula is C21H29NOSi. The van der Waals surface area contributed by atoms with Crippen LogP contribution < -0.4 is 15.1 Å². The number of hydrogen-bond donors (Lipinski definition) is 0. The Kier molecular flexibility index (Phi) is 5.68. The summed E-state index contributed by atoms with van der Waals surface area (Å²) in [6, 6.07) is 17.3. The summed E-state index contributed by atoms with van der Waals surface area (Å²) in [5.74, 6) is 0.999. The average Bonchev–Trinajstić information content (AvgIpc) is 2.48. The molecule has 2 aromatic carbocycles. The Hall–Kier alpha value is -1.84. The third-order valence-corrected chi connectivity index (χ3v) is 6.98. The number of rotatable bonds is 5. The molecular weight excluding hydrogens is 310 g/mol. The second-order valence-electron chi connectivity index (χ2n) is 7.52. The number of benzene rings is 2. The topological polar surface area (TPSA) is 12.5 Å². The van der Waals surface area contributed by atoms with E-state index in [1.165, 1.54) is 15.9 Å². The molecule has 2 aromatic rings. The van der Waals surface area contributed by atoms with Crippen LogP contribution in [-0.4, -0.2) is 33.2 Å². The number of para-hydroxylation sites is 1. The van der Waals surface area contributed by atoms with Crippen molar-refractivity contribution in [3.8, 4) is 5.75 Å². The molecule has 2 rings (SSSR count). The first-order chi connectivity index (χ1) is 11.2. The molecule has 0 aliphatic rings. The van der Waals surface area contributed by atoms with Crippen LogP contribution in [0.15, 0.2) is 55.1 Å². The van der Waals surface area contributed by atoms with Crippen LogP contribution in [0.4, 0.5) is 0 Å². The molecule has 0 heterocycles. The molecule has 0 amide bonds. The van der Waals surface area contributed by atoms with Crippen LogP contribution in [0.5, 0.6) is 5.75 Å². The Morgan fingerprint density at radius 2 is 1.58 bits per heavy atom. The van der Waals surface area contributed by atoms with E-state index in [4.69, 9.17) is 4.74 Å². The van der Waals surface area contributed by atoms with E-state index in [9.17, 15) is 0 Å². The minimum absolute atomic E-state index is 0.203. The van der Waals surface area contributed by atoms with Crippen LogP contribution in [-0.2, 0) is 0 Å². The molecule has 0 fully saturated rings. The van der Waals surface area contributed by atoms with Crippen LogP contribution in [0.2, 0.25) is 0 Å². The van der Waals surface area contributed by atoms with Gasteiger partial charge in [-0.1, -0.05) is 54.6 Å². The minimum atomic E-state index is -1.53. The van der Waals surface area contributed by atoms with Crippen molar-refractivity contribution in [3.05, 3.63) is 60.7 Å². The maximum Gasteiger partial charge on any atom is 0.179 e. The monoisotopic (exact) mass is 339 g/mol. The van der Waals surface area contributed by atoms with Gasteiger partial charge in [0.15, 0.2) is 8.96 Å². The van der Waals surface area contributed by atoms with Gasteiger partial charge in [-0.3, -0.25) is 0 Å². The van der Waals surface area contributed by atoms with E-state index in [1.54, 1.807) is 0 Å². The Morgan fingerprint density at radius 1 is 1.00 bits per heavy atom. The fourth-order valence-electron chi connectivity index (χ4n) is 2.84. The second-order valence-corrected chi connectivity index (χ2v) is 10.6. The largest absolute Gasteiger partial charge is 0.488 e. The van der Waals surface area contributed by atoms with Crippen molar-refractivity contribution in [1.29, 1.82) is 0 Å². The van der Waals surface area contributed by atoms with E-state index in [0.29, 0.717) is 0 Å². The highest BCUT2D eigenvalue weighted by atomic mass is 28.3. The fourth-order valence-corrected chi connectivity index (χ4v) is 5.62. The van der Waals surface area contributed by atoms with E-state index >= 15 is 0 Å². The number of nitrogens with zero attached hydrogens (tertiary/aromatic N) is 1. The number of allylic oxidation sites excluding steroid dienone is 1. The van der Waals surface area contributed by atoms with Gasteiger partial charge in [-0.2, -0.15) is 0 Å². The third-order valence-electron chi connectivity index (χ3n) is 3.87. The Morgan fingerprint density at radius 3 is 2.08 bits per heavy atom. The molecule has 0 aliphatic heterocycles. The molecule has 128 valence electrons. The van der Waals surface area contributed by atoms with Crippen molar-refractivity contribution in [2.24, 2.45) is 0 Å². The van der Waals surface area contributed by atoms with Crippen molar-refractivity contribution in [3.63, 3.8) is 0 Å². The quantitative estimate of drug-likeness (QED) is 0.775. The zero-order chi connectivity index (χ0) is 17.9. The lowest BCUT2D eigenvalue weighted by molar-refractivity contribution is 0.132. The maximum atomic E-state index is 6.24. The summed E-state index contributed by atoms with van der Waals surface area (Å²) < 4.78 is 8.60. The van der Waals surface area contributed by atoms with Crippen molar-refractivity contribution in [1.82, 2.24) is 4.57 Å². The predicted molar refractivity (Wildman–Crippen MR) is 108 cm³/mol. The van der Waals surface area contributed by atoms with E-state index < -0.39 is 8.96 Å². The molecule has 24 heavy (non-hydrogen) atoms. The molecule has 0 aliphatic carbocycles. The maximum absolute atomic E-state index is 6.24. The van der Waals surface area contributed by atoms with Gasteiger partial charge < -0.3 is 9.30 Å². The van der Waals surface area contributed by atoms with Crippen LogP contribution in [0, 0.1) is 0 Å². The lowest BCUT2D eigenvalue weighted by Crippen LogP contribution is -2.54. The van der Waals surface area contributed by atoms with Crippen molar-refractivity contribution >= 4 is 24.9 Å². The van der Waals surface area contributed by atoms with Gasteiger partial charge in [-0.15, -0.1) is 0 Å². The highest BCUT2D eigenvalue weighted by Gasteiger charge is 2.24. The highest BCUT2D eigenvalue weighted by molar-refractivity contribution is 6.83. The average molecular weight is 340 g/mol. The molecule has 1 atom stereocenters. The van der Waals surface area contributed by atoms with E-state index in [1.807, 2.05) is 6.92 Å². The summed E-state index contributed by atoms with van der Waals surface area (Å²) in [7, 11) is 2.80. The van der Waals surface area contributed by atoms with Crippen molar-refractivity contribution < 1.29 is 4.74 Å². The smallest absolute Gasteiger partial charge is 0.179 e. The summed E-state index contributed by atoms with van der Waals surface area (Å²) in [6.45, 7) is 12.4. The molecule has 0 bridgehead atoms. The molecule has 0 aromatic heterocycles. The normalized spacial score (nSPS) is 13.0. The van der Waals surface area contributed by atoms with Gasteiger partial charge in [-0.25, -0.2) is 0 Å². The van der Waals surface area contributed by atoms with Gasteiger partial charge in [0.05, 0.1) is 0 Å². The predicted octanol–water partition coefficient (Wildman–Crippen LogP) is 3.30. The number of hydrogen-bond acceptors (Lipinski definition) is 2. The standard InChI is InChI=1S/C21H29NOSi/c1-16(2)17-12-14-18(15-13-17)24(22(6)7)20-11-9-8-10-19(20)23-21(3,4)5/h8-15,24H,1H2,2-7H3. The van der Waals surface area contributed by atoms with Crippen LogP contribution in [0.3, 0.4) is 0 Å². The Bertz CT molecular complexity index is 699. The lowest BCUT2D eigenvalue weighted by atomic mass is 10.1. The van der Waals surface area contributed by atoms with Crippen LogP contribution in [0.1, 0.15) is 33.3 Å². The summed E-state index contributed by atoms with van der Waals surface area (Å²) >= 11 is 0. The molecule has 0 saturated carbocycles. The zero-order valence-electron chi connectivity index (χ0n) is 15.8. The lowest BCUT2D eigenvalue weighted by Gasteiger charge is -2.29. The Balaban J connectivity index is 2.47. The van der Waals surface area contributed by atoms with E-state index in [2.05, 4.69) is 94.5 Å². The summed E-state index contributed by atoms with van der Waals surface area (Å²) in [6.07, 6.45) is 0. The molecule has 2 nitrogen and oxygen atoms in total. The van der Waals surface area contributed by atoms with Gasteiger partial charge in [0.25, 0.3) is 0 Å². The molecule has 0 N–H and O–H groups in total. The summed E-state index contributed by atoms with van der Waals surface area (Å²) in [4.78, 5) is 0. The van der Waals surface area contributed by atoms with Crippen molar-refractivity contribution in [2.75, 3.05) is 14.1 Å². The first-order valence-electron chi connectivity index (χ1n) is 8.39. The molecule has 0 saturated heterocycles. The third kappa shape index (κ3) is 4.59. The Labute approximate surface area is 148 Å². The van der Waals surface area contributed by atoms with E-state index in [0.717, 1.165) is 11.3 Å². The zero-order valence-corrected chi connectivity index (χ0v) is 16.9. The summed E-state index contributed by atoms with van der Waals surface area (Å²) in [5.41, 5.74) is 2.09. The highest BCUT2D eigenvalue weighted by Crippen LogP contribution is 2.17. The minimum Gasteiger partial charge on any atom is -0.488 e. The fraction of sp³-hybridized carbons (Fsp3) is 0.333. The van der Waals surface area contributed by atoms with Gasteiger partial charge in [0, 0.05) is 0 Å². The molecule has 0 radical (unpaired) electrons. The SMILES string of the molecule is C=C(C)c1ccc([SiH](c2ccccc2OC(C)(C)C)N(C)C)cc1. The van der Waals surface area contributed by atoms with Gasteiger partial charge >= 0.3 is 0 Å². The van der Waals surface area contributed by atoms with Crippen molar-refractivity contribution in [2.45, 2.75) is 33.3 Å². The van der Waals surface area contributed by atoms with Gasteiger partial charge in [-0.05, 0) is 63.8 Å². The summed E-state index contributed by atoms with van der Waals surface area (Å²) in [5, 5.41) is 2.70. The van der Waals surface area contributed by atoms with Gasteiger partial charge in [0.1, 0.15) is 11.4 Å². The number of ether oxygens (including phenoxy) is 1. The molecule has 1 unspecified atom stereocenters. The van der Waals surface area contributed by atoms with Crippen LogP contribution >= 0.6 is 0 Å². The first kappa shape index (κ1) is 18.5. The molecule has 3 heteroatoms. The first-order valence-corrected chi connectivity index (χ1v) is 10.1. The van der Waals surface area contributed by atoms with Gasteiger partial charge in [0.2, 0.25) is 0 Å². The van der Waals surface area contributed by atoms with E-state index in [-0.39, 0.29) is 5.60 Å².